The summed E-state index contributed by atoms with van der Waals surface area (Å²) in [5.74, 6) is 0.0127. The van der Waals surface area contributed by atoms with E-state index in [1.165, 1.54) is 11.0 Å². The summed E-state index contributed by atoms with van der Waals surface area (Å²) in [6.07, 6.45) is 4.87. The van der Waals surface area contributed by atoms with Gasteiger partial charge < -0.3 is 9.88 Å². The predicted octanol–water partition coefficient (Wildman–Crippen LogP) is 3.26. The van der Waals surface area contributed by atoms with Crippen molar-refractivity contribution in [1.29, 1.82) is 0 Å². The Bertz CT molecular complexity index is 913. The average molecular weight is 343 g/mol. The summed E-state index contributed by atoms with van der Waals surface area (Å²) in [4.78, 5) is 30.3. The normalized spacial score (nSPS) is 17.9. The van der Waals surface area contributed by atoms with Crippen LogP contribution in [0.4, 0.5) is 0 Å². The van der Waals surface area contributed by atoms with E-state index in [1.807, 2.05) is 4.90 Å². The second-order valence-electron chi connectivity index (χ2n) is 6.24. The number of allylic oxidation sites excluding steroid dienone is 1. The molecule has 1 aliphatic rings. The van der Waals surface area contributed by atoms with Crippen molar-refractivity contribution in [2.45, 2.75) is 38.8 Å². The molecule has 2 heterocycles. The van der Waals surface area contributed by atoms with Crippen LogP contribution in [0, 0.1) is 4.77 Å². The molecule has 0 aliphatic carbocycles. The summed E-state index contributed by atoms with van der Waals surface area (Å²) in [6.45, 7) is 6.87. The van der Waals surface area contributed by atoms with Gasteiger partial charge in [-0.1, -0.05) is 6.08 Å². The first-order valence-electron chi connectivity index (χ1n) is 8.21. The van der Waals surface area contributed by atoms with Crippen molar-refractivity contribution in [2.75, 3.05) is 6.54 Å². The van der Waals surface area contributed by atoms with E-state index in [0.29, 0.717) is 27.8 Å². The molecule has 2 aromatic rings. The number of nitrogens with one attached hydrogen (secondary N) is 1. The van der Waals surface area contributed by atoms with Crippen molar-refractivity contribution in [3.63, 3.8) is 0 Å². The molecular weight excluding hydrogens is 322 g/mol. The van der Waals surface area contributed by atoms with Crippen LogP contribution >= 0.6 is 12.2 Å². The second kappa shape index (κ2) is 6.73. The molecule has 1 aromatic heterocycles. The highest BCUT2D eigenvalue weighted by Crippen LogP contribution is 2.20. The minimum atomic E-state index is -0.168. The van der Waals surface area contributed by atoms with Crippen molar-refractivity contribution < 1.29 is 4.79 Å². The number of nitrogens with zero attached hydrogens (tertiary/aromatic N) is 2. The number of piperidine rings is 1. The van der Waals surface area contributed by atoms with Crippen molar-refractivity contribution in [2.24, 2.45) is 0 Å². The van der Waals surface area contributed by atoms with Gasteiger partial charge in [0.25, 0.3) is 11.5 Å². The van der Waals surface area contributed by atoms with Gasteiger partial charge >= 0.3 is 0 Å². The molecule has 1 amide bonds. The number of benzene rings is 1. The van der Waals surface area contributed by atoms with E-state index in [2.05, 4.69) is 18.5 Å². The van der Waals surface area contributed by atoms with Gasteiger partial charge in [0.05, 0.1) is 10.9 Å². The van der Waals surface area contributed by atoms with Gasteiger partial charge in [0.15, 0.2) is 4.77 Å². The quantitative estimate of drug-likeness (QED) is 0.687. The third-order valence-electron chi connectivity index (χ3n) is 4.60. The van der Waals surface area contributed by atoms with Crippen LogP contribution in [0.5, 0.6) is 0 Å². The third kappa shape index (κ3) is 2.94. The molecule has 1 fully saturated rings. The third-order valence-corrected chi connectivity index (χ3v) is 4.93. The molecule has 0 saturated carbocycles. The van der Waals surface area contributed by atoms with Crippen LogP contribution in [0.1, 0.15) is 36.5 Å². The standard InChI is InChI=1S/C18H21N3O2S/c1-3-9-21-17(23)14-8-7-13(11-15(14)19-18(21)24)16(22)20-10-5-4-6-12(20)2/h3,7-8,11-12H,1,4-6,9-10H2,2H3,(H,19,24). The smallest absolute Gasteiger partial charge is 0.262 e. The van der Waals surface area contributed by atoms with Gasteiger partial charge in [-0.3, -0.25) is 14.2 Å². The zero-order valence-corrected chi connectivity index (χ0v) is 14.6. The molecule has 3 rings (SSSR count). The van der Waals surface area contributed by atoms with Crippen molar-refractivity contribution in [3.8, 4) is 0 Å². The second-order valence-corrected chi connectivity index (χ2v) is 6.62. The van der Waals surface area contributed by atoms with E-state index in [0.717, 1.165) is 19.4 Å². The summed E-state index contributed by atoms with van der Waals surface area (Å²) in [5, 5.41) is 0.522. The Morgan fingerprint density at radius 1 is 1.46 bits per heavy atom. The Kier molecular flexibility index (Phi) is 4.66. The van der Waals surface area contributed by atoms with E-state index in [1.54, 1.807) is 24.3 Å². The zero-order valence-electron chi connectivity index (χ0n) is 13.7. The van der Waals surface area contributed by atoms with E-state index in [9.17, 15) is 9.59 Å². The molecule has 5 nitrogen and oxygen atoms in total. The number of aromatic nitrogens is 2. The topological polar surface area (TPSA) is 58.1 Å². The lowest BCUT2D eigenvalue weighted by Gasteiger charge is -2.33. The van der Waals surface area contributed by atoms with Crippen molar-refractivity contribution in [1.82, 2.24) is 14.5 Å². The first kappa shape index (κ1) is 16.6. The Balaban J connectivity index is 2.04. The highest BCUT2D eigenvalue weighted by atomic mass is 32.1. The Labute approximate surface area is 145 Å². The summed E-state index contributed by atoms with van der Waals surface area (Å²) in [5.41, 5.74) is 1.02. The van der Waals surface area contributed by atoms with Crippen LogP contribution in [0.15, 0.2) is 35.6 Å². The fourth-order valence-electron chi connectivity index (χ4n) is 3.25. The molecular formula is C18H21N3O2S. The molecule has 1 saturated heterocycles. The van der Waals surface area contributed by atoms with E-state index < -0.39 is 0 Å². The first-order valence-corrected chi connectivity index (χ1v) is 8.62. The number of rotatable bonds is 3. The number of amides is 1. The van der Waals surface area contributed by atoms with Crippen molar-refractivity contribution in [3.05, 3.63) is 51.5 Å². The zero-order chi connectivity index (χ0) is 17.3. The average Bonchev–Trinajstić information content (AvgIpc) is 2.58. The van der Waals surface area contributed by atoms with E-state index in [-0.39, 0.29) is 17.5 Å². The van der Waals surface area contributed by atoms with Crippen LogP contribution in [-0.2, 0) is 6.54 Å². The molecule has 1 unspecified atom stereocenters. The number of likely N-dealkylation sites (tertiary alicyclic amines) is 1. The predicted molar refractivity (Wildman–Crippen MR) is 97.9 cm³/mol. The molecule has 1 aliphatic heterocycles. The molecule has 1 atom stereocenters. The van der Waals surface area contributed by atoms with Crippen molar-refractivity contribution >= 4 is 29.0 Å². The number of carbonyl (C=O) groups excluding carboxylic acids is 1. The molecule has 6 heteroatoms. The van der Waals surface area contributed by atoms with Gasteiger partial charge in [-0.15, -0.1) is 6.58 Å². The van der Waals surface area contributed by atoms with Gasteiger partial charge in [-0.05, 0) is 56.6 Å². The Morgan fingerprint density at radius 3 is 2.96 bits per heavy atom. The molecule has 0 spiro atoms. The largest absolute Gasteiger partial charge is 0.336 e. The van der Waals surface area contributed by atoms with Crippen LogP contribution in [0.25, 0.3) is 10.9 Å². The number of carbonyl (C=O) groups is 1. The maximum atomic E-state index is 12.8. The minimum absolute atomic E-state index is 0.0127. The summed E-state index contributed by atoms with van der Waals surface area (Å²) in [7, 11) is 0. The highest BCUT2D eigenvalue weighted by Gasteiger charge is 2.24. The lowest BCUT2D eigenvalue weighted by molar-refractivity contribution is 0.0636. The number of fused-ring (bicyclic) bond motifs is 1. The SMILES string of the molecule is C=CCn1c(=S)[nH]c2cc(C(=O)N3CCCCC3C)ccc2c1=O. The summed E-state index contributed by atoms with van der Waals surface area (Å²) >= 11 is 5.25. The van der Waals surface area contributed by atoms with E-state index >= 15 is 0 Å². The maximum absolute atomic E-state index is 12.8. The summed E-state index contributed by atoms with van der Waals surface area (Å²) in [6, 6.07) is 5.41. The molecule has 0 radical (unpaired) electrons. The fourth-order valence-corrected chi connectivity index (χ4v) is 3.52. The Morgan fingerprint density at radius 2 is 2.25 bits per heavy atom. The van der Waals surface area contributed by atoms with Crippen LogP contribution in [0.2, 0.25) is 0 Å². The molecule has 126 valence electrons. The van der Waals surface area contributed by atoms with Gasteiger partial charge in [-0.2, -0.15) is 0 Å². The summed E-state index contributed by atoms with van der Waals surface area (Å²) < 4.78 is 1.79. The number of aromatic amines is 1. The number of hydrogen-bond acceptors (Lipinski definition) is 3. The Hall–Kier alpha value is -2.21. The highest BCUT2D eigenvalue weighted by molar-refractivity contribution is 7.71. The van der Waals surface area contributed by atoms with Gasteiger partial charge in [-0.25, -0.2) is 0 Å². The lowest BCUT2D eigenvalue weighted by Crippen LogP contribution is -2.42. The fraction of sp³-hybridized carbons (Fsp3) is 0.389. The minimum Gasteiger partial charge on any atom is -0.336 e. The molecule has 1 aromatic carbocycles. The first-order chi connectivity index (χ1) is 11.5. The van der Waals surface area contributed by atoms with Crippen LogP contribution in [0.3, 0.4) is 0 Å². The molecule has 0 bridgehead atoms. The van der Waals surface area contributed by atoms with Crippen LogP contribution < -0.4 is 5.56 Å². The molecule has 1 N–H and O–H groups in total. The lowest BCUT2D eigenvalue weighted by atomic mass is 10.0. The monoisotopic (exact) mass is 343 g/mol. The number of hydrogen-bond donors (Lipinski definition) is 1. The van der Waals surface area contributed by atoms with E-state index in [4.69, 9.17) is 12.2 Å². The van der Waals surface area contributed by atoms with Gasteiger partial charge in [0.1, 0.15) is 0 Å². The van der Waals surface area contributed by atoms with Gasteiger partial charge in [0, 0.05) is 24.7 Å². The van der Waals surface area contributed by atoms with Crippen LogP contribution in [-0.4, -0.2) is 32.9 Å². The van der Waals surface area contributed by atoms with Gasteiger partial charge in [0.2, 0.25) is 0 Å². The number of H-pyrrole nitrogens is 1. The maximum Gasteiger partial charge on any atom is 0.262 e. The molecule has 24 heavy (non-hydrogen) atoms.